The molecule has 0 fully saturated rings. The van der Waals surface area contributed by atoms with E-state index in [1.807, 2.05) is 0 Å². The average Bonchev–Trinajstić information content (AvgIpc) is 2.79. The van der Waals surface area contributed by atoms with Crippen molar-refractivity contribution in [1.29, 1.82) is 0 Å². The van der Waals surface area contributed by atoms with Crippen molar-refractivity contribution < 1.29 is 9.59 Å². The van der Waals surface area contributed by atoms with Gasteiger partial charge < -0.3 is 10.3 Å². The maximum atomic E-state index is 11.7. The van der Waals surface area contributed by atoms with Crippen LogP contribution < -0.4 is 5.32 Å². The van der Waals surface area contributed by atoms with Gasteiger partial charge in [0.2, 0.25) is 0 Å². The number of anilines is 1. The lowest BCUT2D eigenvalue weighted by Crippen LogP contribution is -2.12. The van der Waals surface area contributed by atoms with Gasteiger partial charge in [0.15, 0.2) is 6.29 Å². The van der Waals surface area contributed by atoms with Crippen LogP contribution in [0.2, 0.25) is 0 Å². The number of aromatic nitrogens is 2. The summed E-state index contributed by atoms with van der Waals surface area (Å²) in [7, 11) is 0. The first-order valence-corrected chi connectivity index (χ1v) is 4.65. The van der Waals surface area contributed by atoms with Gasteiger partial charge in [-0.05, 0) is 24.3 Å². The zero-order valence-corrected chi connectivity index (χ0v) is 8.31. The molecule has 5 nitrogen and oxygen atoms in total. The van der Waals surface area contributed by atoms with E-state index in [2.05, 4.69) is 15.3 Å². The summed E-state index contributed by atoms with van der Waals surface area (Å²) < 4.78 is 0. The largest absolute Gasteiger partial charge is 0.348 e. The Balaban J connectivity index is 2.11. The molecule has 2 heterocycles. The molecule has 1 amide bonds. The van der Waals surface area contributed by atoms with Gasteiger partial charge in [0.1, 0.15) is 5.69 Å². The lowest BCUT2D eigenvalue weighted by Gasteiger charge is -2.01. The zero-order valence-electron chi connectivity index (χ0n) is 8.31. The second-order valence-corrected chi connectivity index (χ2v) is 3.14. The van der Waals surface area contributed by atoms with Crippen LogP contribution in [0.15, 0.2) is 36.7 Å². The number of carbonyl (C=O) groups is 2. The van der Waals surface area contributed by atoms with Crippen LogP contribution in [-0.4, -0.2) is 22.2 Å². The first-order valence-electron chi connectivity index (χ1n) is 4.65. The minimum Gasteiger partial charge on any atom is -0.348 e. The van der Waals surface area contributed by atoms with Gasteiger partial charge in [-0.3, -0.25) is 14.6 Å². The molecule has 0 atom stereocenters. The number of nitrogens with one attached hydrogen (secondary N) is 2. The highest BCUT2D eigenvalue weighted by molar-refractivity contribution is 6.03. The van der Waals surface area contributed by atoms with Crippen molar-refractivity contribution in [2.24, 2.45) is 0 Å². The highest BCUT2D eigenvalue weighted by Gasteiger charge is 2.07. The molecule has 16 heavy (non-hydrogen) atoms. The van der Waals surface area contributed by atoms with Gasteiger partial charge in [-0.15, -0.1) is 0 Å². The number of rotatable bonds is 3. The molecule has 0 spiro atoms. The maximum Gasteiger partial charge on any atom is 0.272 e. The van der Waals surface area contributed by atoms with Crippen molar-refractivity contribution >= 4 is 17.9 Å². The topological polar surface area (TPSA) is 74.8 Å². The molecular weight excluding hydrogens is 206 g/mol. The predicted octanol–water partition coefficient (Wildman–Crippen LogP) is 1.47. The van der Waals surface area contributed by atoms with Crippen LogP contribution in [0.1, 0.15) is 21.0 Å². The van der Waals surface area contributed by atoms with Gasteiger partial charge in [0.05, 0.1) is 17.6 Å². The summed E-state index contributed by atoms with van der Waals surface area (Å²) in [5, 5.41) is 2.65. The third kappa shape index (κ3) is 2.14. The molecule has 0 radical (unpaired) electrons. The average molecular weight is 215 g/mol. The molecule has 0 aliphatic heterocycles. The van der Waals surface area contributed by atoms with Crippen LogP contribution in [0, 0.1) is 0 Å². The normalized spacial score (nSPS) is 9.75. The first-order chi connectivity index (χ1) is 7.79. The smallest absolute Gasteiger partial charge is 0.272 e. The van der Waals surface area contributed by atoms with Crippen LogP contribution in [-0.2, 0) is 0 Å². The van der Waals surface area contributed by atoms with E-state index in [-0.39, 0.29) is 5.91 Å². The van der Waals surface area contributed by atoms with Crippen molar-refractivity contribution in [3.05, 3.63) is 48.0 Å². The summed E-state index contributed by atoms with van der Waals surface area (Å²) >= 11 is 0. The van der Waals surface area contributed by atoms with Crippen molar-refractivity contribution in [2.75, 3.05) is 5.32 Å². The maximum absolute atomic E-state index is 11.7. The number of nitrogens with zero attached hydrogens (tertiary/aromatic N) is 1. The fourth-order valence-corrected chi connectivity index (χ4v) is 1.25. The van der Waals surface area contributed by atoms with Gasteiger partial charge in [-0.1, -0.05) is 0 Å². The van der Waals surface area contributed by atoms with Gasteiger partial charge in [-0.2, -0.15) is 0 Å². The van der Waals surface area contributed by atoms with Crippen LogP contribution in [0.5, 0.6) is 0 Å². The molecule has 80 valence electrons. The van der Waals surface area contributed by atoms with Crippen LogP contribution in [0.25, 0.3) is 0 Å². The van der Waals surface area contributed by atoms with E-state index in [4.69, 9.17) is 0 Å². The molecule has 0 aromatic carbocycles. The lowest BCUT2D eigenvalue weighted by molar-refractivity contribution is 0.102. The quantitative estimate of drug-likeness (QED) is 0.761. The van der Waals surface area contributed by atoms with E-state index in [9.17, 15) is 9.59 Å². The van der Waals surface area contributed by atoms with Gasteiger partial charge in [-0.25, -0.2) is 0 Å². The van der Waals surface area contributed by atoms with Crippen molar-refractivity contribution in [3.63, 3.8) is 0 Å². The van der Waals surface area contributed by atoms with E-state index < -0.39 is 0 Å². The predicted molar refractivity (Wildman–Crippen MR) is 58.4 cm³/mol. The van der Waals surface area contributed by atoms with Gasteiger partial charge >= 0.3 is 0 Å². The summed E-state index contributed by atoms with van der Waals surface area (Å²) in [4.78, 5) is 28.6. The van der Waals surface area contributed by atoms with E-state index in [0.29, 0.717) is 23.4 Å². The molecular formula is C11H9N3O2. The Labute approximate surface area is 91.5 Å². The highest BCUT2D eigenvalue weighted by atomic mass is 16.2. The Kier molecular flexibility index (Phi) is 2.77. The Morgan fingerprint density at radius 2 is 2.25 bits per heavy atom. The Morgan fingerprint density at radius 1 is 1.38 bits per heavy atom. The molecule has 2 rings (SSSR count). The molecule has 0 saturated heterocycles. The van der Waals surface area contributed by atoms with Crippen LogP contribution >= 0.6 is 0 Å². The fourth-order valence-electron chi connectivity index (χ4n) is 1.25. The zero-order chi connectivity index (χ0) is 11.4. The summed E-state index contributed by atoms with van der Waals surface area (Å²) in [6.07, 6.45) is 3.82. The Hall–Kier alpha value is -2.43. The number of pyridine rings is 1. The molecule has 5 heteroatoms. The number of carbonyl (C=O) groups excluding carboxylic acids is 2. The summed E-state index contributed by atoms with van der Waals surface area (Å²) in [6, 6.07) is 6.55. The van der Waals surface area contributed by atoms with Crippen molar-refractivity contribution in [3.8, 4) is 0 Å². The molecule has 0 aliphatic rings. The summed E-state index contributed by atoms with van der Waals surface area (Å²) in [5.41, 5.74) is 1.32. The summed E-state index contributed by atoms with van der Waals surface area (Å²) in [5.74, 6) is -0.305. The third-order valence-electron chi connectivity index (χ3n) is 2.00. The number of amides is 1. The minimum atomic E-state index is -0.305. The van der Waals surface area contributed by atoms with Crippen LogP contribution in [0.4, 0.5) is 5.69 Å². The molecule has 2 N–H and O–H groups in total. The molecule has 0 bridgehead atoms. The molecule has 0 aliphatic carbocycles. The number of H-pyrrole nitrogens is 1. The third-order valence-corrected chi connectivity index (χ3v) is 2.00. The number of aromatic amines is 1. The molecule has 0 unspecified atom stereocenters. The molecule has 0 saturated carbocycles. The first kappa shape index (κ1) is 10.1. The Morgan fingerprint density at radius 3 is 2.88 bits per heavy atom. The SMILES string of the molecule is O=Cc1ccc(C(=O)Nc2cccnc2)[nH]1. The standard InChI is InChI=1S/C11H9N3O2/c15-7-9-3-4-10(13-9)11(16)14-8-2-1-5-12-6-8/h1-7,13H,(H,14,16). The number of hydrogen-bond acceptors (Lipinski definition) is 3. The van der Waals surface area contributed by atoms with E-state index >= 15 is 0 Å². The second kappa shape index (κ2) is 4.39. The van der Waals surface area contributed by atoms with E-state index in [0.717, 1.165) is 0 Å². The second-order valence-electron chi connectivity index (χ2n) is 3.14. The minimum absolute atomic E-state index is 0.305. The van der Waals surface area contributed by atoms with Gasteiger partial charge in [0, 0.05) is 6.20 Å². The Bertz CT molecular complexity index is 505. The number of aldehydes is 1. The summed E-state index contributed by atoms with van der Waals surface area (Å²) in [6.45, 7) is 0. The molecule has 2 aromatic heterocycles. The van der Waals surface area contributed by atoms with E-state index in [1.54, 1.807) is 36.7 Å². The monoisotopic (exact) mass is 215 g/mol. The van der Waals surface area contributed by atoms with E-state index in [1.165, 1.54) is 0 Å². The van der Waals surface area contributed by atoms with Crippen LogP contribution in [0.3, 0.4) is 0 Å². The van der Waals surface area contributed by atoms with Gasteiger partial charge in [0.25, 0.3) is 5.91 Å². The van der Waals surface area contributed by atoms with Crippen molar-refractivity contribution in [2.45, 2.75) is 0 Å². The molecule has 2 aromatic rings. The lowest BCUT2D eigenvalue weighted by atomic mass is 10.3. The van der Waals surface area contributed by atoms with Crippen molar-refractivity contribution in [1.82, 2.24) is 9.97 Å². The number of hydrogen-bond donors (Lipinski definition) is 2. The fraction of sp³-hybridized carbons (Fsp3) is 0. The highest BCUT2D eigenvalue weighted by Crippen LogP contribution is 2.06.